The molecule has 1 aromatic rings. The summed E-state index contributed by atoms with van der Waals surface area (Å²) >= 11 is 7.69. The van der Waals surface area contributed by atoms with Crippen LogP contribution in [0, 0.1) is 0 Å². The molecule has 0 spiro atoms. The lowest BCUT2D eigenvalue weighted by molar-refractivity contribution is 0.564. The van der Waals surface area contributed by atoms with Crippen LogP contribution in [0.3, 0.4) is 0 Å². The molecule has 0 bridgehead atoms. The van der Waals surface area contributed by atoms with E-state index >= 15 is 0 Å². The minimum atomic E-state index is 0.0104. The summed E-state index contributed by atoms with van der Waals surface area (Å²) in [6, 6.07) is 7.77. The van der Waals surface area contributed by atoms with Crippen molar-refractivity contribution in [1.29, 1.82) is 0 Å². The van der Waals surface area contributed by atoms with Crippen molar-refractivity contribution >= 4 is 23.4 Å². The second-order valence-electron chi connectivity index (χ2n) is 3.84. The minimum absolute atomic E-state index is 0.0104. The third kappa shape index (κ3) is 2.66. The van der Waals surface area contributed by atoms with Crippen molar-refractivity contribution in [2.24, 2.45) is 5.73 Å². The molecule has 0 aliphatic rings. The van der Waals surface area contributed by atoms with E-state index in [9.17, 15) is 0 Å². The number of rotatable bonds is 3. The Morgan fingerprint density at radius 3 is 2.57 bits per heavy atom. The van der Waals surface area contributed by atoms with Crippen LogP contribution in [-0.2, 0) is 0 Å². The molecular formula is C11H16ClNS. The molecule has 1 aromatic carbocycles. The van der Waals surface area contributed by atoms with Gasteiger partial charge in [-0.25, -0.2) is 0 Å². The molecule has 0 saturated heterocycles. The molecule has 0 amide bonds. The second kappa shape index (κ2) is 4.56. The number of nitrogens with two attached hydrogens (primary N) is 1. The van der Waals surface area contributed by atoms with Gasteiger partial charge in [0.05, 0.1) is 0 Å². The van der Waals surface area contributed by atoms with Gasteiger partial charge in [-0.3, -0.25) is 0 Å². The molecule has 1 rings (SSSR count). The summed E-state index contributed by atoms with van der Waals surface area (Å²) in [7, 11) is 0. The van der Waals surface area contributed by atoms with Gasteiger partial charge in [-0.1, -0.05) is 23.7 Å². The lowest BCUT2D eigenvalue weighted by Gasteiger charge is -2.30. The maximum atomic E-state index is 6.17. The molecule has 0 aromatic heterocycles. The van der Waals surface area contributed by atoms with Gasteiger partial charge in [0.1, 0.15) is 0 Å². The Bertz CT molecular complexity index is 312. The van der Waals surface area contributed by atoms with Crippen molar-refractivity contribution in [3.8, 4) is 0 Å². The van der Waals surface area contributed by atoms with Crippen LogP contribution >= 0.6 is 23.4 Å². The number of hydrogen-bond donors (Lipinski definition) is 1. The quantitative estimate of drug-likeness (QED) is 0.859. The predicted octanol–water partition coefficient (Wildman–Crippen LogP) is 3.48. The molecule has 0 aliphatic carbocycles. The summed E-state index contributed by atoms with van der Waals surface area (Å²) < 4.78 is 0.0324. The number of benzene rings is 1. The van der Waals surface area contributed by atoms with E-state index in [1.807, 2.05) is 24.3 Å². The van der Waals surface area contributed by atoms with E-state index < -0.39 is 0 Å². The highest BCUT2D eigenvalue weighted by atomic mass is 35.5. The van der Waals surface area contributed by atoms with E-state index in [0.717, 1.165) is 10.6 Å². The van der Waals surface area contributed by atoms with Gasteiger partial charge in [0.2, 0.25) is 0 Å². The molecule has 3 heteroatoms. The van der Waals surface area contributed by atoms with Crippen molar-refractivity contribution in [2.75, 3.05) is 6.26 Å². The monoisotopic (exact) mass is 229 g/mol. The molecule has 0 radical (unpaired) electrons. The van der Waals surface area contributed by atoms with Crippen LogP contribution in [0.15, 0.2) is 24.3 Å². The van der Waals surface area contributed by atoms with Crippen LogP contribution in [0.25, 0.3) is 0 Å². The van der Waals surface area contributed by atoms with Crippen LogP contribution in [-0.4, -0.2) is 11.0 Å². The van der Waals surface area contributed by atoms with E-state index in [4.69, 9.17) is 17.3 Å². The zero-order chi connectivity index (χ0) is 10.8. The van der Waals surface area contributed by atoms with Crippen molar-refractivity contribution in [3.05, 3.63) is 34.9 Å². The van der Waals surface area contributed by atoms with Gasteiger partial charge in [-0.2, -0.15) is 11.8 Å². The molecule has 0 heterocycles. The van der Waals surface area contributed by atoms with Gasteiger partial charge in [0.15, 0.2) is 0 Å². The molecule has 0 saturated carbocycles. The van der Waals surface area contributed by atoms with Gasteiger partial charge in [0.25, 0.3) is 0 Å². The van der Waals surface area contributed by atoms with Crippen LogP contribution in [0.4, 0.5) is 0 Å². The van der Waals surface area contributed by atoms with Gasteiger partial charge >= 0.3 is 0 Å². The third-order valence-corrected chi connectivity index (χ3v) is 4.02. The standard InChI is InChI=1S/C11H16ClNS/c1-11(2,14-3)10(13)8-5-4-6-9(12)7-8/h4-7,10H,13H2,1-3H3. The van der Waals surface area contributed by atoms with Crippen molar-refractivity contribution < 1.29 is 0 Å². The summed E-state index contributed by atoms with van der Waals surface area (Å²) in [4.78, 5) is 0. The highest BCUT2D eigenvalue weighted by Gasteiger charge is 2.26. The van der Waals surface area contributed by atoms with E-state index in [-0.39, 0.29) is 10.8 Å². The zero-order valence-corrected chi connectivity index (χ0v) is 10.3. The van der Waals surface area contributed by atoms with E-state index in [0.29, 0.717) is 0 Å². The topological polar surface area (TPSA) is 26.0 Å². The first-order chi connectivity index (χ1) is 6.47. The molecule has 2 N–H and O–H groups in total. The zero-order valence-electron chi connectivity index (χ0n) is 8.75. The summed E-state index contributed by atoms with van der Waals surface area (Å²) in [6.07, 6.45) is 2.07. The van der Waals surface area contributed by atoms with Gasteiger partial charge in [-0.05, 0) is 37.8 Å². The molecule has 1 unspecified atom stereocenters. The Balaban J connectivity index is 2.94. The number of halogens is 1. The van der Waals surface area contributed by atoms with Crippen molar-refractivity contribution in [3.63, 3.8) is 0 Å². The average Bonchev–Trinajstić information content (AvgIpc) is 2.16. The molecule has 1 nitrogen and oxygen atoms in total. The Kier molecular flexibility index (Phi) is 3.87. The fraction of sp³-hybridized carbons (Fsp3) is 0.455. The first-order valence-electron chi connectivity index (χ1n) is 4.53. The predicted molar refractivity (Wildman–Crippen MR) is 66.0 cm³/mol. The van der Waals surface area contributed by atoms with Crippen LogP contribution in [0.5, 0.6) is 0 Å². The molecule has 0 aliphatic heterocycles. The number of thioether (sulfide) groups is 1. The summed E-state index contributed by atoms with van der Waals surface area (Å²) in [6.45, 7) is 4.28. The van der Waals surface area contributed by atoms with Crippen molar-refractivity contribution in [1.82, 2.24) is 0 Å². The first-order valence-corrected chi connectivity index (χ1v) is 6.14. The molecule has 0 fully saturated rings. The Morgan fingerprint density at radius 1 is 1.43 bits per heavy atom. The molecule has 78 valence electrons. The van der Waals surface area contributed by atoms with Gasteiger partial charge < -0.3 is 5.73 Å². The normalized spacial score (nSPS) is 14.1. The fourth-order valence-electron chi connectivity index (χ4n) is 1.23. The summed E-state index contributed by atoms with van der Waals surface area (Å²) in [5, 5.41) is 0.745. The Hall–Kier alpha value is -0.180. The third-order valence-electron chi connectivity index (χ3n) is 2.48. The highest BCUT2D eigenvalue weighted by Crippen LogP contribution is 2.34. The number of hydrogen-bond acceptors (Lipinski definition) is 2. The van der Waals surface area contributed by atoms with Gasteiger partial charge in [0, 0.05) is 15.8 Å². The second-order valence-corrected chi connectivity index (χ2v) is 5.74. The average molecular weight is 230 g/mol. The van der Waals surface area contributed by atoms with E-state index in [1.54, 1.807) is 11.8 Å². The summed E-state index contributed by atoms with van der Waals surface area (Å²) in [5.74, 6) is 0. The van der Waals surface area contributed by atoms with Crippen LogP contribution in [0.2, 0.25) is 5.02 Å². The smallest absolute Gasteiger partial charge is 0.0439 e. The molecule has 1 atom stereocenters. The van der Waals surface area contributed by atoms with E-state index in [1.165, 1.54) is 0 Å². The lowest BCUT2D eigenvalue weighted by atomic mass is 9.96. The van der Waals surface area contributed by atoms with Gasteiger partial charge in [-0.15, -0.1) is 0 Å². The maximum Gasteiger partial charge on any atom is 0.0439 e. The Morgan fingerprint density at radius 2 is 2.07 bits per heavy atom. The molecular weight excluding hydrogens is 214 g/mol. The van der Waals surface area contributed by atoms with Crippen LogP contribution in [0.1, 0.15) is 25.5 Å². The lowest BCUT2D eigenvalue weighted by Crippen LogP contribution is -2.32. The maximum absolute atomic E-state index is 6.17. The highest BCUT2D eigenvalue weighted by molar-refractivity contribution is 7.99. The minimum Gasteiger partial charge on any atom is -0.323 e. The van der Waals surface area contributed by atoms with Crippen LogP contribution < -0.4 is 5.73 Å². The van der Waals surface area contributed by atoms with Crippen molar-refractivity contribution in [2.45, 2.75) is 24.6 Å². The van der Waals surface area contributed by atoms with E-state index in [2.05, 4.69) is 20.1 Å². The molecule has 14 heavy (non-hydrogen) atoms. The Labute approximate surface area is 95.0 Å². The largest absolute Gasteiger partial charge is 0.323 e. The SMILES string of the molecule is CSC(C)(C)C(N)c1cccc(Cl)c1. The summed E-state index contributed by atoms with van der Waals surface area (Å²) in [5.41, 5.74) is 7.27. The fourth-order valence-corrected chi connectivity index (χ4v) is 1.82. The first kappa shape index (κ1) is 11.9.